The van der Waals surface area contributed by atoms with Crippen molar-refractivity contribution < 1.29 is 4.79 Å². The van der Waals surface area contributed by atoms with E-state index in [2.05, 4.69) is 38.2 Å². The number of urea groups is 1. The highest BCUT2D eigenvalue weighted by molar-refractivity contribution is 5.71. The van der Waals surface area contributed by atoms with Crippen molar-refractivity contribution in [3.63, 3.8) is 0 Å². The Bertz CT molecular complexity index is 349. The lowest BCUT2D eigenvalue weighted by Crippen LogP contribution is -2.28. The Labute approximate surface area is 97.0 Å². The van der Waals surface area contributed by atoms with Gasteiger partial charge in [0.1, 0.15) is 0 Å². The number of primary amides is 1. The number of nitrogens with one attached hydrogen (secondary N) is 1. The monoisotopic (exact) mass is 220 g/mol. The molecule has 0 unspecified atom stereocenters. The summed E-state index contributed by atoms with van der Waals surface area (Å²) < 4.78 is 0. The topological polar surface area (TPSA) is 55.1 Å². The Morgan fingerprint density at radius 1 is 1.19 bits per heavy atom. The lowest BCUT2D eigenvalue weighted by Gasteiger charge is -2.18. The predicted molar refractivity (Wildman–Crippen MR) is 66.0 cm³/mol. The average molecular weight is 220 g/mol. The highest BCUT2D eigenvalue weighted by Crippen LogP contribution is 2.20. The fraction of sp³-hybridized carbons (Fsp3) is 0.462. The largest absolute Gasteiger partial charge is 0.352 e. The van der Waals surface area contributed by atoms with Crippen molar-refractivity contribution >= 4 is 6.03 Å². The van der Waals surface area contributed by atoms with Crippen molar-refractivity contribution in [2.75, 3.05) is 0 Å². The van der Waals surface area contributed by atoms with Gasteiger partial charge in [-0.15, -0.1) is 0 Å². The fourth-order valence-electron chi connectivity index (χ4n) is 1.58. The first kappa shape index (κ1) is 12.6. The smallest absolute Gasteiger partial charge is 0.312 e. The number of benzene rings is 1. The summed E-state index contributed by atoms with van der Waals surface area (Å²) in [4.78, 5) is 10.5. The molecule has 2 amide bonds. The van der Waals surface area contributed by atoms with E-state index in [9.17, 15) is 4.79 Å². The summed E-state index contributed by atoms with van der Waals surface area (Å²) in [6.07, 6.45) is 1.05. The van der Waals surface area contributed by atoms with E-state index < -0.39 is 6.03 Å². The van der Waals surface area contributed by atoms with E-state index >= 15 is 0 Å². The zero-order chi connectivity index (χ0) is 12.2. The lowest BCUT2D eigenvalue weighted by atomic mass is 9.88. The summed E-state index contributed by atoms with van der Waals surface area (Å²) >= 11 is 0. The predicted octanol–water partition coefficient (Wildman–Crippen LogP) is 2.44. The van der Waals surface area contributed by atoms with E-state index in [4.69, 9.17) is 5.73 Å². The quantitative estimate of drug-likeness (QED) is 0.807. The standard InChI is InChI=1S/C13H20N2O/c1-13(2,3)8-10-4-6-11(7-5-10)9-15-12(14)16/h4-7H,8-9H2,1-3H3,(H3,14,15,16). The molecule has 0 bridgehead atoms. The molecule has 0 aliphatic heterocycles. The molecule has 0 saturated carbocycles. The van der Waals surface area contributed by atoms with Gasteiger partial charge in [0.2, 0.25) is 0 Å². The molecule has 0 fully saturated rings. The Kier molecular flexibility index (Phi) is 3.93. The molecule has 0 aromatic heterocycles. The van der Waals surface area contributed by atoms with Gasteiger partial charge in [-0.25, -0.2) is 4.79 Å². The third kappa shape index (κ3) is 4.82. The van der Waals surface area contributed by atoms with E-state index in [1.807, 2.05) is 12.1 Å². The summed E-state index contributed by atoms with van der Waals surface area (Å²) in [7, 11) is 0. The molecule has 3 N–H and O–H groups in total. The van der Waals surface area contributed by atoms with E-state index in [1.165, 1.54) is 5.56 Å². The molecule has 16 heavy (non-hydrogen) atoms. The Morgan fingerprint density at radius 3 is 2.12 bits per heavy atom. The first-order chi connectivity index (χ1) is 7.37. The van der Waals surface area contributed by atoms with Crippen LogP contribution >= 0.6 is 0 Å². The number of carbonyl (C=O) groups excluding carboxylic acids is 1. The molecule has 1 aromatic carbocycles. The zero-order valence-corrected chi connectivity index (χ0v) is 10.2. The second-order valence-corrected chi connectivity index (χ2v) is 5.27. The first-order valence-electron chi connectivity index (χ1n) is 5.48. The van der Waals surface area contributed by atoms with Gasteiger partial charge in [0, 0.05) is 6.54 Å². The Balaban J connectivity index is 2.57. The summed E-state index contributed by atoms with van der Waals surface area (Å²) in [6, 6.07) is 7.76. The van der Waals surface area contributed by atoms with Crippen molar-refractivity contribution in [3.05, 3.63) is 35.4 Å². The minimum Gasteiger partial charge on any atom is -0.352 e. The van der Waals surface area contributed by atoms with Gasteiger partial charge in [-0.2, -0.15) is 0 Å². The molecule has 0 atom stereocenters. The van der Waals surface area contributed by atoms with Crippen LogP contribution in [0.4, 0.5) is 4.79 Å². The first-order valence-corrected chi connectivity index (χ1v) is 5.48. The van der Waals surface area contributed by atoms with Crippen molar-refractivity contribution in [3.8, 4) is 0 Å². The third-order valence-corrected chi connectivity index (χ3v) is 2.22. The maximum absolute atomic E-state index is 10.5. The van der Waals surface area contributed by atoms with Gasteiger partial charge in [0.25, 0.3) is 0 Å². The molecule has 3 heteroatoms. The van der Waals surface area contributed by atoms with Crippen LogP contribution in [-0.4, -0.2) is 6.03 Å². The Morgan fingerprint density at radius 2 is 1.69 bits per heavy atom. The van der Waals surface area contributed by atoms with Crippen LogP contribution in [0.25, 0.3) is 0 Å². The van der Waals surface area contributed by atoms with Gasteiger partial charge in [0.15, 0.2) is 0 Å². The number of hydrogen-bond acceptors (Lipinski definition) is 1. The Hall–Kier alpha value is -1.51. The van der Waals surface area contributed by atoms with Crippen LogP contribution in [0.3, 0.4) is 0 Å². The van der Waals surface area contributed by atoms with Crippen LogP contribution in [0.15, 0.2) is 24.3 Å². The minimum absolute atomic E-state index is 0.299. The normalized spacial score (nSPS) is 11.2. The molecule has 0 heterocycles. The van der Waals surface area contributed by atoms with Crippen molar-refractivity contribution in [1.29, 1.82) is 0 Å². The van der Waals surface area contributed by atoms with Gasteiger partial charge in [-0.05, 0) is 23.0 Å². The molecule has 88 valence electrons. The second-order valence-electron chi connectivity index (χ2n) is 5.27. The van der Waals surface area contributed by atoms with Gasteiger partial charge < -0.3 is 11.1 Å². The van der Waals surface area contributed by atoms with Gasteiger partial charge in [-0.3, -0.25) is 0 Å². The summed E-state index contributed by atoms with van der Waals surface area (Å²) in [5.74, 6) is 0. The molecule has 0 aliphatic rings. The highest BCUT2D eigenvalue weighted by atomic mass is 16.2. The number of hydrogen-bond donors (Lipinski definition) is 2. The van der Waals surface area contributed by atoms with Crippen LogP contribution in [0.1, 0.15) is 31.9 Å². The molecule has 1 aromatic rings. The minimum atomic E-state index is -0.487. The van der Waals surface area contributed by atoms with E-state index in [0.717, 1.165) is 12.0 Å². The van der Waals surface area contributed by atoms with Gasteiger partial charge in [0.05, 0.1) is 0 Å². The molecule has 0 radical (unpaired) electrons. The SMILES string of the molecule is CC(C)(C)Cc1ccc(CNC(N)=O)cc1. The fourth-order valence-corrected chi connectivity index (χ4v) is 1.58. The van der Waals surface area contributed by atoms with E-state index in [-0.39, 0.29) is 0 Å². The molecule has 0 spiro atoms. The molecule has 1 rings (SSSR count). The van der Waals surface area contributed by atoms with E-state index in [1.54, 1.807) is 0 Å². The molecule has 3 nitrogen and oxygen atoms in total. The average Bonchev–Trinajstić information content (AvgIpc) is 2.14. The number of rotatable bonds is 3. The maximum Gasteiger partial charge on any atom is 0.312 e. The summed E-state index contributed by atoms with van der Waals surface area (Å²) in [5.41, 5.74) is 7.68. The third-order valence-electron chi connectivity index (χ3n) is 2.22. The second kappa shape index (κ2) is 5.01. The number of nitrogens with two attached hydrogens (primary N) is 1. The molecular weight excluding hydrogens is 200 g/mol. The van der Waals surface area contributed by atoms with Crippen molar-refractivity contribution in [1.82, 2.24) is 5.32 Å². The van der Waals surface area contributed by atoms with Crippen LogP contribution in [0, 0.1) is 5.41 Å². The van der Waals surface area contributed by atoms with Gasteiger partial charge >= 0.3 is 6.03 Å². The summed E-state index contributed by atoms with van der Waals surface area (Å²) in [5, 5.41) is 2.57. The highest BCUT2D eigenvalue weighted by Gasteiger charge is 2.10. The maximum atomic E-state index is 10.5. The van der Waals surface area contributed by atoms with Crippen LogP contribution in [0.2, 0.25) is 0 Å². The molecule has 0 saturated heterocycles. The van der Waals surface area contributed by atoms with Crippen molar-refractivity contribution in [2.24, 2.45) is 11.1 Å². The zero-order valence-electron chi connectivity index (χ0n) is 10.2. The molecular formula is C13H20N2O. The van der Waals surface area contributed by atoms with Gasteiger partial charge in [-0.1, -0.05) is 45.0 Å². The number of carbonyl (C=O) groups is 1. The van der Waals surface area contributed by atoms with Crippen LogP contribution in [0.5, 0.6) is 0 Å². The van der Waals surface area contributed by atoms with E-state index in [0.29, 0.717) is 12.0 Å². The lowest BCUT2D eigenvalue weighted by molar-refractivity contribution is 0.248. The molecule has 0 aliphatic carbocycles. The van der Waals surface area contributed by atoms with Crippen LogP contribution < -0.4 is 11.1 Å². The summed E-state index contributed by atoms with van der Waals surface area (Å²) in [6.45, 7) is 7.14. The van der Waals surface area contributed by atoms with Crippen molar-refractivity contribution in [2.45, 2.75) is 33.7 Å². The van der Waals surface area contributed by atoms with Crippen LogP contribution in [-0.2, 0) is 13.0 Å². The number of amides is 2.